The Morgan fingerprint density at radius 3 is 2.50 bits per heavy atom. The van der Waals surface area contributed by atoms with E-state index in [0.717, 1.165) is 0 Å². The largest absolute Gasteiger partial charge is 0.465 e. The summed E-state index contributed by atoms with van der Waals surface area (Å²) < 4.78 is 17.0. The number of methoxy groups -OCH3 is 1. The first kappa shape index (κ1) is 14.3. The Morgan fingerprint density at radius 2 is 1.85 bits per heavy atom. The van der Waals surface area contributed by atoms with Gasteiger partial charge < -0.3 is 10.5 Å². The molecule has 0 saturated carbocycles. The first-order valence-corrected chi connectivity index (χ1v) is 7.34. The lowest BCUT2D eigenvalue weighted by atomic mass is 10.1. The summed E-state index contributed by atoms with van der Waals surface area (Å²) in [4.78, 5) is 12.5. The second-order valence-electron chi connectivity index (χ2n) is 4.18. The first-order valence-electron chi connectivity index (χ1n) is 6.02. The molecule has 20 heavy (non-hydrogen) atoms. The third-order valence-corrected chi connectivity index (χ3v) is 4.24. The average molecular weight is 289 g/mol. The molecule has 0 spiro atoms. The number of nitrogens with two attached hydrogens (primary N) is 1. The van der Waals surface area contributed by atoms with Crippen LogP contribution >= 0.6 is 0 Å². The normalized spacial score (nSPS) is 11.8. The molecule has 0 fully saturated rings. The summed E-state index contributed by atoms with van der Waals surface area (Å²) in [7, 11) is 0.0635. The monoisotopic (exact) mass is 289 g/mol. The highest BCUT2D eigenvalue weighted by Gasteiger charge is 2.17. The van der Waals surface area contributed by atoms with Crippen molar-refractivity contribution in [3.05, 3.63) is 59.7 Å². The molecule has 104 valence electrons. The predicted molar refractivity (Wildman–Crippen MR) is 78.7 cm³/mol. The Labute approximate surface area is 120 Å². The number of nitrogen functional groups attached to an aromatic ring is 1. The average Bonchev–Trinajstić information content (AvgIpc) is 2.47. The molecule has 2 aromatic carbocycles. The number of benzene rings is 2. The molecule has 1 unspecified atom stereocenters. The van der Waals surface area contributed by atoms with Gasteiger partial charge in [0.2, 0.25) is 0 Å². The summed E-state index contributed by atoms with van der Waals surface area (Å²) >= 11 is 0. The molecule has 0 aromatic heterocycles. The van der Waals surface area contributed by atoms with Gasteiger partial charge in [-0.05, 0) is 23.8 Å². The van der Waals surface area contributed by atoms with Crippen LogP contribution in [0.5, 0.6) is 0 Å². The maximum absolute atomic E-state index is 12.3. The molecule has 0 bridgehead atoms. The van der Waals surface area contributed by atoms with E-state index in [1.165, 1.54) is 7.11 Å². The van der Waals surface area contributed by atoms with E-state index in [0.29, 0.717) is 21.7 Å². The molecule has 0 radical (unpaired) electrons. The van der Waals surface area contributed by atoms with E-state index >= 15 is 0 Å². The van der Waals surface area contributed by atoms with Gasteiger partial charge in [-0.3, -0.25) is 4.21 Å². The summed E-state index contributed by atoms with van der Waals surface area (Å²) in [5, 5.41) is 0. The summed E-state index contributed by atoms with van der Waals surface area (Å²) in [6.07, 6.45) is 0. The Kier molecular flexibility index (Phi) is 4.53. The predicted octanol–water partition coefficient (Wildman–Crippen LogP) is 2.36. The Balaban J connectivity index is 2.32. The molecule has 2 N–H and O–H groups in total. The number of carbonyl (C=O) groups is 1. The summed E-state index contributed by atoms with van der Waals surface area (Å²) in [6, 6.07) is 14.2. The lowest BCUT2D eigenvalue weighted by Crippen LogP contribution is -2.11. The van der Waals surface area contributed by atoms with Gasteiger partial charge in [0.15, 0.2) is 0 Å². The maximum atomic E-state index is 12.3. The van der Waals surface area contributed by atoms with Gasteiger partial charge in [-0.25, -0.2) is 4.79 Å². The van der Waals surface area contributed by atoms with E-state index in [1.54, 1.807) is 30.3 Å². The van der Waals surface area contributed by atoms with Crippen molar-refractivity contribution in [3.63, 3.8) is 0 Å². The topological polar surface area (TPSA) is 69.4 Å². The van der Waals surface area contributed by atoms with E-state index in [1.807, 2.05) is 18.2 Å². The van der Waals surface area contributed by atoms with E-state index < -0.39 is 16.8 Å². The smallest absolute Gasteiger partial charge is 0.340 e. The number of hydrogen-bond acceptors (Lipinski definition) is 4. The minimum atomic E-state index is -1.23. The van der Waals surface area contributed by atoms with Crippen LogP contribution in [0, 0.1) is 0 Å². The number of esters is 1. The van der Waals surface area contributed by atoms with Crippen molar-refractivity contribution in [3.8, 4) is 0 Å². The quantitative estimate of drug-likeness (QED) is 0.693. The van der Waals surface area contributed by atoms with Crippen molar-refractivity contribution < 1.29 is 13.7 Å². The van der Waals surface area contributed by atoms with Gasteiger partial charge in [-0.1, -0.05) is 30.3 Å². The zero-order chi connectivity index (χ0) is 14.5. The van der Waals surface area contributed by atoms with Crippen LogP contribution < -0.4 is 5.73 Å². The molecule has 0 amide bonds. The number of hydrogen-bond donors (Lipinski definition) is 1. The van der Waals surface area contributed by atoms with Gasteiger partial charge in [-0.2, -0.15) is 0 Å². The van der Waals surface area contributed by atoms with Gasteiger partial charge >= 0.3 is 5.97 Å². The number of rotatable bonds is 4. The van der Waals surface area contributed by atoms with Crippen molar-refractivity contribution in [2.75, 3.05) is 12.8 Å². The molecule has 4 nitrogen and oxygen atoms in total. The van der Waals surface area contributed by atoms with Crippen molar-refractivity contribution in [1.29, 1.82) is 0 Å². The summed E-state index contributed by atoms with van der Waals surface area (Å²) in [6.45, 7) is 0. The van der Waals surface area contributed by atoms with Crippen LogP contribution in [-0.4, -0.2) is 17.3 Å². The van der Waals surface area contributed by atoms with Crippen molar-refractivity contribution in [2.24, 2.45) is 0 Å². The number of carbonyl (C=O) groups excluding carboxylic acids is 1. The van der Waals surface area contributed by atoms with E-state index in [2.05, 4.69) is 0 Å². The molecule has 2 rings (SSSR count). The highest BCUT2D eigenvalue weighted by atomic mass is 32.2. The van der Waals surface area contributed by atoms with Gasteiger partial charge in [0.1, 0.15) is 0 Å². The van der Waals surface area contributed by atoms with Crippen LogP contribution in [0.3, 0.4) is 0 Å². The van der Waals surface area contributed by atoms with E-state index in [4.69, 9.17) is 10.5 Å². The summed E-state index contributed by atoms with van der Waals surface area (Å²) in [5.74, 6) is -0.289. The fraction of sp³-hybridized carbons (Fsp3) is 0.133. The number of ether oxygens (including phenoxy) is 1. The van der Waals surface area contributed by atoms with Crippen molar-refractivity contribution in [1.82, 2.24) is 0 Å². The molecular weight excluding hydrogens is 274 g/mol. The van der Waals surface area contributed by atoms with E-state index in [-0.39, 0.29) is 5.75 Å². The molecule has 0 aliphatic carbocycles. The van der Waals surface area contributed by atoms with Gasteiger partial charge in [0.25, 0.3) is 0 Å². The second-order valence-corrected chi connectivity index (χ2v) is 5.63. The third-order valence-electron chi connectivity index (χ3n) is 2.87. The van der Waals surface area contributed by atoms with Crippen LogP contribution in [0.1, 0.15) is 15.9 Å². The maximum Gasteiger partial charge on any atom is 0.340 e. The highest BCUT2D eigenvalue weighted by molar-refractivity contribution is 7.84. The zero-order valence-electron chi connectivity index (χ0n) is 11.0. The van der Waals surface area contributed by atoms with Gasteiger partial charge in [0, 0.05) is 10.6 Å². The lowest BCUT2D eigenvalue weighted by Gasteiger charge is -2.10. The standard InChI is InChI=1S/C15H15NO3S/c1-19-15(17)14-11(6-5-9-13(14)16)10-20(18)12-7-3-2-4-8-12/h2-9H,10,16H2,1H3. The fourth-order valence-corrected chi connectivity index (χ4v) is 3.04. The van der Waals surface area contributed by atoms with Crippen LogP contribution in [0.4, 0.5) is 5.69 Å². The lowest BCUT2D eigenvalue weighted by molar-refractivity contribution is 0.0601. The first-order chi connectivity index (χ1) is 9.63. The molecule has 1 atom stereocenters. The Hall–Kier alpha value is -2.14. The molecule has 0 aliphatic rings. The van der Waals surface area contributed by atoms with Crippen molar-refractivity contribution >= 4 is 22.5 Å². The number of anilines is 1. The minimum Gasteiger partial charge on any atom is -0.465 e. The van der Waals surface area contributed by atoms with Crippen LogP contribution in [0.2, 0.25) is 0 Å². The minimum absolute atomic E-state index is 0.222. The van der Waals surface area contributed by atoms with Crippen molar-refractivity contribution in [2.45, 2.75) is 10.6 Å². The Morgan fingerprint density at radius 1 is 1.15 bits per heavy atom. The molecule has 0 saturated heterocycles. The SMILES string of the molecule is COC(=O)c1c(N)cccc1CS(=O)c1ccccc1. The van der Waals surface area contributed by atoms with Crippen LogP contribution in [0.25, 0.3) is 0 Å². The zero-order valence-corrected chi connectivity index (χ0v) is 11.9. The summed E-state index contributed by atoms with van der Waals surface area (Å²) in [5.41, 5.74) is 7.06. The fourth-order valence-electron chi connectivity index (χ4n) is 1.89. The molecular formula is C15H15NO3S. The van der Waals surface area contributed by atoms with Gasteiger partial charge in [0.05, 0.1) is 29.2 Å². The van der Waals surface area contributed by atoms with Crippen LogP contribution in [0.15, 0.2) is 53.4 Å². The Bertz CT molecular complexity index is 641. The van der Waals surface area contributed by atoms with Gasteiger partial charge in [-0.15, -0.1) is 0 Å². The molecule has 0 aliphatic heterocycles. The molecule has 2 aromatic rings. The van der Waals surface area contributed by atoms with Crippen LogP contribution in [-0.2, 0) is 21.3 Å². The third kappa shape index (κ3) is 3.05. The molecule has 0 heterocycles. The highest BCUT2D eigenvalue weighted by Crippen LogP contribution is 2.21. The second kappa shape index (κ2) is 6.34. The molecule has 5 heteroatoms. The van der Waals surface area contributed by atoms with E-state index in [9.17, 15) is 9.00 Å².